The van der Waals surface area contributed by atoms with Crippen molar-refractivity contribution in [1.82, 2.24) is 0 Å². The van der Waals surface area contributed by atoms with Gasteiger partial charge in [-0.3, -0.25) is 0 Å². The number of aliphatic carboxylic acids is 1. The zero-order valence-corrected chi connectivity index (χ0v) is 17.5. The molecule has 0 N–H and O–H groups in total. The van der Waals surface area contributed by atoms with Gasteiger partial charge in [-0.25, -0.2) is 13.2 Å². The van der Waals surface area contributed by atoms with E-state index in [2.05, 4.69) is 6.92 Å². The van der Waals surface area contributed by atoms with E-state index in [4.69, 9.17) is 4.74 Å². The van der Waals surface area contributed by atoms with Crippen LogP contribution in [0, 0.1) is 0 Å². The van der Waals surface area contributed by atoms with Gasteiger partial charge in [0.15, 0.2) is 9.84 Å². The lowest BCUT2D eigenvalue weighted by molar-refractivity contribution is -0.301. The first-order chi connectivity index (χ1) is 13.4. The van der Waals surface area contributed by atoms with Crippen molar-refractivity contribution in [2.45, 2.75) is 76.0 Å². The number of ether oxygens (including phenoxy) is 1. The summed E-state index contributed by atoms with van der Waals surface area (Å²) in [4.78, 5) is 22.3. The molecule has 0 spiro atoms. The third kappa shape index (κ3) is 9.88. The van der Waals surface area contributed by atoms with Crippen LogP contribution in [0.25, 0.3) is 0 Å². The van der Waals surface area contributed by atoms with Crippen LogP contribution in [0.2, 0.25) is 0 Å². The fourth-order valence-corrected chi connectivity index (χ4v) is 3.90. The summed E-state index contributed by atoms with van der Waals surface area (Å²) in [6, 6.07) is 5.05. The Labute approximate surface area is 168 Å². The molecule has 1 rings (SSSR count). The van der Waals surface area contributed by atoms with Gasteiger partial charge in [-0.15, -0.1) is 0 Å². The Hall–Kier alpha value is -1.89. The van der Waals surface area contributed by atoms with Crippen molar-refractivity contribution in [3.8, 4) is 0 Å². The molecule has 7 heteroatoms. The highest BCUT2D eigenvalue weighted by atomic mass is 32.2. The van der Waals surface area contributed by atoms with Crippen molar-refractivity contribution < 1.29 is 27.9 Å². The molecule has 0 saturated carbocycles. The van der Waals surface area contributed by atoms with Gasteiger partial charge < -0.3 is 14.6 Å². The number of carbonyl (C=O) groups excluding carboxylic acids is 2. The summed E-state index contributed by atoms with van der Waals surface area (Å²) in [6.07, 6.45) is 12.0. The summed E-state index contributed by atoms with van der Waals surface area (Å²) >= 11 is 0. The van der Waals surface area contributed by atoms with Crippen molar-refractivity contribution >= 4 is 21.8 Å². The molecule has 0 heterocycles. The molecular weight excluding hydrogens is 380 g/mol. The fraction of sp³-hybridized carbons (Fsp3) is 0.619. The molecule has 1 aromatic rings. The molecule has 0 fully saturated rings. The second kappa shape index (κ2) is 13.3. The molecule has 1 aromatic carbocycles. The third-order valence-electron chi connectivity index (χ3n) is 4.49. The van der Waals surface area contributed by atoms with Crippen LogP contribution >= 0.6 is 0 Å². The van der Waals surface area contributed by atoms with Gasteiger partial charge in [0.05, 0.1) is 28.8 Å². The highest BCUT2D eigenvalue weighted by Gasteiger charge is 2.16. The monoisotopic (exact) mass is 411 g/mol. The number of hydrogen-bond acceptors (Lipinski definition) is 6. The second-order valence-corrected chi connectivity index (χ2v) is 8.96. The van der Waals surface area contributed by atoms with E-state index in [0.717, 1.165) is 19.3 Å². The Morgan fingerprint density at radius 1 is 0.857 bits per heavy atom. The molecule has 0 aromatic heterocycles. The van der Waals surface area contributed by atoms with Gasteiger partial charge in [0.25, 0.3) is 0 Å². The first-order valence-electron chi connectivity index (χ1n) is 10.1. The zero-order chi connectivity index (χ0) is 20.8. The number of carboxylic acids is 1. The van der Waals surface area contributed by atoms with E-state index in [1.165, 1.54) is 69.2 Å². The van der Waals surface area contributed by atoms with E-state index in [9.17, 15) is 23.1 Å². The highest BCUT2D eigenvalue weighted by Crippen LogP contribution is 2.14. The topological polar surface area (TPSA) is 101 Å². The van der Waals surface area contributed by atoms with Crippen LogP contribution in [-0.2, 0) is 19.4 Å². The fourth-order valence-electron chi connectivity index (χ4n) is 2.87. The minimum Gasteiger partial charge on any atom is -0.549 e. The second-order valence-electron chi connectivity index (χ2n) is 6.97. The normalized spacial score (nSPS) is 11.3. The summed E-state index contributed by atoms with van der Waals surface area (Å²) < 4.78 is 28.7. The summed E-state index contributed by atoms with van der Waals surface area (Å²) in [5.74, 6) is -3.27. The SMILES string of the molecule is CCCCCCCCCCCCOC(=O)c1ccc(S(=O)(=O)CC(=O)[O-])cc1. The number of benzene rings is 1. The van der Waals surface area contributed by atoms with Gasteiger partial charge in [-0.2, -0.15) is 0 Å². The summed E-state index contributed by atoms with van der Waals surface area (Å²) in [7, 11) is -3.96. The smallest absolute Gasteiger partial charge is 0.338 e. The molecule has 28 heavy (non-hydrogen) atoms. The van der Waals surface area contributed by atoms with Gasteiger partial charge >= 0.3 is 5.97 Å². The highest BCUT2D eigenvalue weighted by molar-refractivity contribution is 7.92. The van der Waals surface area contributed by atoms with Gasteiger partial charge in [0.2, 0.25) is 0 Å². The standard InChI is InChI=1S/C21H32O6S/c1-2-3-4-5-6-7-8-9-10-11-16-27-21(24)18-12-14-19(15-13-18)28(25,26)17-20(22)23/h12-15H,2-11,16-17H2,1H3,(H,22,23)/p-1. The van der Waals surface area contributed by atoms with E-state index >= 15 is 0 Å². The molecular formula is C21H31O6S-. The average molecular weight is 412 g/mol. The van der Waals surface area contributed by atoms with Gasteiger partial charge in [0, 0.05) is 0 Å². The molecule has 0 aliphatic carbocycles. The number of esters is 1. The maximum Gasteiger partial charge on any atom is 0.338 e. The summed E-state index contributed by atoms with van der Waals surface area (Å²) in [5.41, 5.74) is 0.236. The maximum absolute atomic E-state index is 12.0. The van der Waals surface area contributed by atoms with E-state index in [1.807, 2.05) is 0 Å². The molecule has 0 unspecified atom stereocenters. The first-order valence-corrected chi connectivity index (χ1v) is 11.7. The molecule has 0 bridgehead atoms. The van der Waals surface area contributed by atoms with Crippen LogP contribution in [-0.4, -0.2) is 32.7 Å². The molecule has 0 aliphatic heterocycles. The lowest BCUT2D eigenvalue weighted by atomic mass is 10.1. The third-order valence-corrected chi connectivity index (χ3v) is 6.09. The molecule has 6 nitrogen and oxygen atoms in total. The predicted octanol–water partition coefficient (Wildman–Crippen LogP) is 3.29. The lowest BCUT2D eigenvalue weighted by Gasteiger charge is -2.07. The Morgan fingerprint density at radius 3 is 1.86 bits per heavy atom. The lowest BCUT2D eigenvalue weighted by Crippen LogP contribution is -2.30. The van der Waals surface area contributed by atoms with Crippen LogP contribution in [0.4, 0.5) is 0 Å². The number of rotatable bonds is 15. The van der Waals surface area contributed by atoms with Crippen LogP contribution in [0.5, 0.6) is 0 Å². The van der Waals surface area contributed by atoms with E-state index in [1.54, 1.807) is 0 Å². The summed E-state index contributed by atoms with van der Waals surface area (Å²) in [6.45, 7) is 2.55. The first kappa shape index (κ1) is 24.1. The van der Waals surface area contributed by atoms with Crippen LogP contribution in [0.3, 0.4) is 0 Å². The molecule has 0 amide bonds. The van der Waals surface area contributed by atoms with Gasteiger partial charge in [-0.05, 0) is 30.7 Å². The Balaban J connectivity index is 2.21. The van der Waals surface area contributed by atoms with Gasteiger partial charge in [0.1, 0.15) is 0 Å². The van der Waals surface area contributed by atoms with E-state index in [-0.39, 0.29) is 10.5 Å². The van der Waals surface area contributed by atoms with Crippen molar-refractivity contribution in [2.24, 2.45) is 0 Å². The number of hydrogen-bond donors (Lipinski definition) is 0. The maximum atomic E-state index is 12.0. The van der Waals surface area contributed by atoms with Crippen molar-refractivity contribution in [3.63, 3.8) is 0 Å². The van der Waals surface area contributed by atoms with Gasteiger partial charge in [-0.1, -0.05) is 64.7 Å². The Bertz CT molecular complexity index is 694. The number of sulfone groups is 1. The number of carbonyl (C=O) groups is 2. The minimum absolute atomic E-state index is 0.164. The molecule has 0 aliphatic rings. The van der Waals surface area contributed by atoms with Crippen molar-refractivity contribution in [3.05, 3.63) is 29.8 Å². The minimum atomic E-state index is -3.96. The quantitative estimate of drug-likeness (QED) is 0.324. The van der Waals surface area contributed by atoms with E-state index < -0.39 is 27.5 Å². The predicted molar refractivity (Wildman–Crippen MR) is 106 cm³/mol. The van der Waals surface area contributed by atoms with Crippen LogP contribution in [0.1, 0.15) is 81.5 Å². The largest absolute Gasteiger partial charge is 0.549 e. The number of carboxylic acid groups (broad SMARTS) is 1. The van der Waals surface area contributed by atoms with Crippen LogP contribution < -0.4 is 5.11 Å². The summed E-state index contributed by atoms with van der Waals surface area (Å²) in [5, 5.41) is 10.5. The molecule has 0 saturated heterocycles. The van der Waals surface area contributed by atoms with E-state index in [0.29, 0.717) is 6.61 Å². The van der Waals surface area contributed by atoms with Crippen molar-refractivity contribution in [2.75, 3.05) is 12.4 Å². The Kier molecular flexibility index (Phi) is 11.5. The molecule has 158 valence electrons. The average Bonchev–Trinajstić information content (AvgIpc) is 2.65. The van der Waals surface area contributed by atoms with Crippen LogP contribution in [0.15, 0.2) is 29.2 Å². The zero-order valence-electron chi connectivity index (χ0n) is 16.7. The number of unbranched alkanes of at least 4 members (excludes halogenated alkanes) is 9. The molecule has 0 radical (unpaired) electrons. The molecule has 0 atom stereocenters. The Morgan fingerprint density at radius 2 is 1.36 bits per heavy atom. The van der Waals surface area contributed by atoms with Crippen molar-refractivity contribution in [1.29, 1.82) is 0 Å².